The first-order valence-corrected chi connectivity index (χ1v) is 7.08. The number of Topliss-reactive ketones (excluding diaryl/α,β-unsaturated/α-hetero) is 1. The summed E-state index contributed by atoms with van der Waals surface area (Å²) in [6, 6.07) is 1.85. The van der Waals surface area contributed by atoms with E-state index >= 15 is 0 Å². The Morgan fingerprint density at radius 3 is 2.65 bits per heavy atom. The first-order chi connectivity index (χ1) is 9.56. The number of nitrogens with zero attached hydrogens (tertiary/aromatic N) is 1. The number of hydrogen-bond donors (Lipinski definition) is 0. The van der Waals surface area contributed by atoms with Gasteiger partial charge in [-0.2, -0.15) is 0 Å². The maximum Gasteiger partial charge on any atom is 0.290 e. The van der Waals surface area contributed by atoms with Gasteiger partial charge >= 0.3 is 0 Å². The molecule has 1 saturated carbocycles. The second-order valence-electron chi connectivity index (χ2n) is 5.66. The first-order valence-electron chi connectivity index (χ1n) is 7.08. The molecule has 1 aromatic rings. The molecule has 5 nitrogen and oxygen atoms in total. The maximum absolute atomic E-state index is 12.5. The number of ether oxygens (including phenoxy) is 1. The zero-order chi connectivity index (χ0) is 14.3. The van der Waals surface area contributed by atoms with Crippen molar-refractivity contribution in [2.75, 3.05) is 19.7 Å². The molecule has 108 valence electrons. The third-order valence-corrected chi connectivity index (χ3v) is 3.89. The molecule has 1 saturated heterocycles. The summed E-state index contributed by atoms with van der Waals surface area (Å²) in [4.78, 5) is 26.2. The average molecular weight is 277 g/mol. The number of amides is 1. The van der Waals surface area contributed by atoms with Crippen LogP contribution in [0.3, 0.4) is 0 Å². The molecule has 1 aliphatic heterocycles. The van der Waals surface area contributed by atoms with Crippen molar-refractivity contribution in [2.24, 2.45) is 5.92 Å². The van der Waals surface area contributed by atoms with Crippen LogP contribution in [-0.2, 0) is 9.53 Å². The minimum atomic E-state index is -0.462. The summed E-state index contributed by atoms with van der Waals surface area (Å²) in [5.41, 5.74) is 0.837. The van der Waals surface area contributed by atoms with Gasteiger partial charge in [0.05, 0.1) is 13.2 Å². The molecule has 0 unspecified atom stereocenters. The molecule has 0 radical (unpaired) electrons. The zero-order valence-electron chi connectivity index (χ0n) is 11.8. The molecule has 3 rings (SSSR count). The van der Waals surface area contributed by atoms with Crippen molar-refractivity contribution < 1.29 is 18.7 Å². The molecule has 0 spiro atoms. The summed E-state index contributed by atoms with van der Waals surface area (Å²) in [5.74, 6) is 1.26. The minimum absolute atomic E-state index is 0.146. The van der Waals surface area contributed by atoms with Gasteiger partial charge in [0.2, 0.25) is 0 Å². The lowest BCUT2D eigenvalue weighted by molar-refractivity contribution is -0.136. The Morgan fingerprint density at radius 2 is 2.05 bits per heavy atom. The highest BCUT2D eigenvalue weighted by atomic mass is 16.5. The predicted molar refractivity (Wildman–Crippen MR) is 71.6 cm³/mol. The van der Waals surface area contributed by atoms with E-state index in [4.69, 9.17) is 9.15 Å². The quantitative estimate of drug-likeness (QED) is 0.844. The highest BCUT2D eigenvalue weighted by molar-refractivity contribution is 5.94. The second kappa shape index (κ2) is 5.05. The third-order valence-electron chi connectivity index (χ3n) is 3.89. The van der Waals surface area contributed by atoms with E-state index in [0.29, 0.717) is 25.5 Å². The maximum atomic E-state index is 12.5. The van der Waals surface area contributed by atoms with E-state index < -0.39 is 6.10 Å². The largest absolute Gasteiger partial charge is 0.456 e. The Kier molecular flexibility index (Phi) is 3.38. The molecular formula is C15H19NO4. The molecule has 0 bridgehead atoms. The van der Waals surface area contributed by atoms with Crippen LogP contribution in [0.5, 0.6) is 0 Å². The lowest BCUT2D eigenvalue weighted by Crippen LogP contribution is -2.49. The van der Waals surface area contributed by atoms with Crippen molar-refractivity contribution in [1.82, 2.24) is 4.90 Å². The molecule has 5 heteroatoms. The predicted octanol–water partition coefficient (Wildman–Crippen LogP) is 1.72. The standard InChI is InChI=1S/C15H19NO4/c1-9-7-10(2)20-14(9)15(18)16-5-6-19-12(8-16)13(17)11-3-4-11/h7,11-12H,3-6,8H2,1-2H3/t12-/m0/s1. The number of aryl methyl sites for hydroxylation is 2. The number of carbonyl (C=O) groups is 2. The number of hydrogen-bond acceptors (Lipinski definition) is 4. The number of carbonyl (C=O) groups excluding carboxylic acids is 2. The van der Waals surface area contributed by atoms with Gasteiger partial charge in [-0.3, -0.25) is 9.59 Å². The topological polar surface area (TPSA) is 59.8 Å². The van der Waals surface area contributed by atoms with Gasteiger partial charge in [0.1, 0.15) is 11.9 Å². The molecule has 0 aromatic carbocycles. The van der Waals surface area contributed by atoms with Crippen molar-refractivity contribution in [3.63, 3.8) is 0 Å². The van der Waals surface area contributed by atoms with Gasteiger partial charge in [-0.1, -0.05) is 0 Å². The van der Waals surface area contributed by atoms with Crippen LogP contribution in [0, 0.1) is 19.8 Å². The van der Waals surface area contributed by atoms with Gasteiger partial charge in [-0.05, 0) is 32.8 Å². The van der Waals surface area contributed by atoms with Crippen molar-refractivity contribution in [3.05, 3.63) is 23.2 Å². The summed E-state index contributed by atoms with van der Waals surface area (Å²) in [5, 5.41) is 0. The van der Waals surface area contributed by atoms with E-state index in [9.17, 15) is 9.59 Å². The van der Waals surface area contributed by atoms with Crippen molar-refractivity contribution in [1.29, 1.82) is 0 Å². The van der Waals surface area contributed by atoms with Gasteiger partial charge in [0.25, 0.3) is 5.91 Å². The van der Waals surface area contributed by atoms with Crippen LogP contribution in [0.2, 0.25) is 0 Å². The molecule has 1 aliphatic carbocycles. The monoisotopic (exact) mass is 277 g/mol. The summed E-state index contributed by atoms with van der Waals surface area (Å²) < 4.78 is 11.0. The molecule has 2 fully saturated rings. The van der Waals surface area contributed by atoms with E-state index in [1.165, 1.54) is 0 Å². The third kappa shape index (κ3) is 2.50. The SMILES string of the molecule is Cc1cc(C)c(C(=O)N2CCO[C@H](C(=O)C3CC3)C2)o1. The number of furan rings is 1. The highest BCUT2D eigenvalue weighted by Gasteiger charge is 2.39. The van der Waals surface area contributed by atoms with Crippen LogP contribution in [0.25, 0.3) is 0 Å². The highest BCUT2D eigenvalue weighted by Crippen LogP contribution is 2.32. The first kappa shape index (κ1) is 13.4. The summed E-state index contributed by atoms with van der Waals surface area (Å²) in [7, 11) is 0. The summed E-state index contributed by atoms with van der Waals surface area (Å²) in [6.07, 6.45) is 1.46. The fourth-order valence-corrected chi connectivity index (χ4v) is 2.63. The van der Waals surface area contributed by atoms with Crippen LogP contribution in [-0.4, -0.2) is 42.4 Å². The molecule has 1 atom stereocenters. The molecule has 1 aromatic heterocycles. The summed E-state index contributed by atoms with van der Waals surface area (Å²) in [6.45, 7) is 4.94. The van der Waals surface area contributed by atoms with Crippen LogP contribution in [0.15, 0.2) is 10.5 Å². The van der Waals surface area contributed by atoms with Gasteiger partial charge in [0, 0.05) is 18.0 Å². The van der Waals surface area contributed by atoms with E-state index in [1.807, 2.05) is 19.9 Å². The molecule has 20 heavy (non-hydrogen) atoms. The molecule has 2 aliphatic rings. The van der Waals surface area contributed by atoms with E-state index in [-0.39, 0.29) is 17.6 Å². The molecular weight excluding hydrogens is 258 g/mol. The lowest BCUT2D eigenvalue weighted by atomic mass is 10.1. The molecule has 0 N–H and O–H groups in total. The normalized spacial score (nSPS) is 22.9. The van der Waals surface area contributed by atoms with Crippen molar-refractivity contribution in [2.45, 2.75) is 32.8 Å². The lowest BCUT2D eigenvalue weighted by Gasteiger charge is -2.31. The van der Waals surface area contributed by atoms with Crippen LogP contribution in [0.4, 0.5) is 0 Å². The smallest absolute Gasteiger partial charge is 0.290 e. The Bertz CT molecular complexity index is 544. The molecule has 2 heterocycles. The van der Waals surface area contributed by atoms with Gasteiger partial charge in [0.15, 0.2) is 11.5 Å². The van der Waals surface area contributed by atoms with E-state index in [1.54, 1.807) is 4.90 Å². The number of ketones is 1. The summed E-state index contributed by atoms with van der Waals surface area (Å²) >= 11 is 0. The van der Waals surface area contributed by atoms with Crippen molar-refractivity contribution in [3.8, 4) is 0 Å². The fourth-order valence-electron chi connectivity index (χ4n) is 2.63. The van der Waals surface area contributed by atoms with Crippen molar-refractivity contribution >= 4 is 11.7 Å². The molecule has 1 amide bonds. The number of rotatable bonds is 3. The van der Waals surface area contributed by atoms with Gasteiger partial charge < -0.3 is 14.1 Å². The van der Waals surface area contributed by atoms with E-state index in [0.717, 1.165) is 24.2 Å². The number of morpholine rings is 1. The van der Waals surface area contributed by atoms with Crippen LogP contribution >= 0.6 is 0 Å². The fraction of sp³-hybridized carbons (Fsp3) is 0.600. The Hall–Kier alpha value is -1.62. The second-order valence-corrected chi connectivity index (χ2v) is 5.66. The van der Waals surface area contributed by atoms with Gasteiger partial charge in [-0.15, -0.1) is 0 Å². The van der Waals surface area contributed by atoms with Crippen LogP contribution in [0.1, 0.15) is 34.7 Å². The Labute approximate surface area is 117 Å². The Balaban J connectivity index is 1.71. The van der Waals surface area contributed by atoms with Gasteiger partial charge in [-0.25, -0.2) is 0 Å². The minimum Gasteiger partial charge on any atom is -0.456 e. The van der Waals surface area contributed by atoms with E-state index in [2.05, 4.69) is 0 Å². The Morgan fingerprint density at radius 1 is 1.30 bits per heavy atom. The average Bonchev–Trinajstić information content (AvgIpc) is 3.23. The van der Waals surface area contributed by atoms with Crippen LogP contribution < -0.4 is 0 Å². The zero-order valence-corrected chi connectivity index (χ0v) is 11.8.